The first-order valence-electron chi connectivity index (χ1n) is 7.51. The number of nitrogens with one attached hydrogen (secondary N) is 1. The highest BCUT2D eigenvalue weighted by Crippen LogP contribution is 2.45. The molecule has 1 saturated heterocycles. The molecule has 3 heteroatoms. The van der Waals surface area contributed by atoms with Crippen LogP contribution in [0.15, 0.2) is 18.2 Å². The molecular weight excluding hydrogens is 236 g/mol. The molecule has 1 aromatic rings. The zero-order chi connectivity index (χ0) is 12.8. The molecule has 1 amide bonds. The first-order valence-corrected chi connectivity index (χ1v) is 7.51. The average molecular weight is 256 g/mol. The van der Waals surface area contributed by atoms with Crippen LogP contribution in [-0.2, 0) is 11.2 Å². The molecule has 2 heterocycles. The third-order valence-electron chi connectivity index (χ3n) is 4.71. The number of benzene rings is 1. The van der Waals surface area contributed by atoms with Gasteiger partial charge in [-0.2, -0.15) is 0 Å². The van der Waals surface area contributed by atoms with E-state index in [2.05, 4.69) is 23.5 Å². The molecule has 1 saturated carbocycles. The van der Waals surface area contributed by atoms with Crippen molar-refractivity contribution < 1.29 is 4.79 Å². The van der Waals surface area contributed by atoms with E-state index in [1.54, 1.807) is 0 Å². The van der Waals surface area contributed by atoms with E-state index >= 15 is 0 Å². The predicted octanol–water partition coefficient (Wildman–Crippen LogP) is 2.21. The molecule has 0 bridgehead atoms. The van der Waals surface area contributed by atoms with Crippen molar-refractivity contribution in [3.63, 3.8) is 0 Å². The molecule has 1 aliphatic carbocycles. The van der Waals surface area contributed by atoms with Gasteiger partial charge in [-0.25, -0.2) is 0 Å². The average Bonchev–Trinajstić information content (AvgIpc) is 2.98. The second kappa shape index (κ2) is 4.34. The van der Waals surface area contributed by atoms with Crippen LogP contribution in [0.3, 0.4) is 0 Å². The molecule has 19 heavy (non-hydrogen) atoms. The van der Waals surface area contributed by atoms with Gasteiger partial charge in [0.1, 0.15) is 0 Å². The van der Waals surface area contributed by atoms with Crippen LogP contribution in [0.1, 0.15) is 42.7 Å². The fourth-order valence-corrected chi connectivity index (χ4v) is 3.55. The van der Waals surface area contributed by atoms with Gasteiger partial charge in [0.2, 0.25) is 5.91 Å². The Labute approximate surface area is 114 Å². The van der Waals surface area contributed by atoms with Crippen molar-refractivity contribution in [1.82, 2.24) is 5.32 Å². The molecule has 0 aromatic heterocycles. The van der Waals surface area contributed by atoms with Crippen LogP contribution >= 0.6 is 0 Å². The topological polar surface area (TPSA) is 32.3 Å². The van der Waals surface area contributed by atoms with Crippen LogP contribution in [0.25, 0.3) is 0 Å². The summed E-state index contributed by atoms with van der Waals surface area (Å²) in [4.78, 5) is 14.6. The van der Waals surface area contributed by atoms with Gasteiger partial charge in [-0.3, -0.25) is 4.79 Å². The summed E-state index contributed by atoms with van der Waals surface area (Å²) in [5, 5.41) is 3.32. The van der Waals surface area contributed by atoms with Gasteiger partial charge in [0.25, 0.3) is 0 Å². The molecule has 4 rings (SSSR count). The number of nitrogens with zero attached hydrogens (tertiary/aromatic N) is 1. The molecule has 2 fully saturated rings. The number of hydrogen-bond acceptors (Lipinski definition) is 2. The number of carbonyl (C=O) groups excluding carboxylic acids is 1. The minimum Gasteiger partial charge on any atom is -0.310 e. The molecule has 3 aliphatic rings. The van der Waals surface area contributed by atoms with E-state index in [0.717, 1.165) is 38.3 Å². The van der Waals surface area contributed by atoms with Crippen molar-refractivity contribution in [3.05, 3.63) is 29.3 Å². The maximum absolute atomic E-state index is 12.6. The first kappa shape index (κ1) is 11.5. The Kier molecular flexibility index (Phi) is 2.62. The molecular formula is C16H20N2O. The zero-order valence-corrected chi connectivity index (χ0v) is 11.2. The molecule has 1 atom stereocenters. The third kappa shape index (κ3) is 1.88. The molecule has 0 radical (unpaired) electrons. The van der Waals surface area contributed by atoms with Crippen molar-refractivity contribution in [3.8, 4) is 0 Å². The number of rotatable bonds is 2. The number of hydrogen-bond donors (Lipinski definition) is 1. The highest BCUT2D eigenvalue weighted by Gasteiger charge is 2.35. The van der Waals surface area contributed by atoms with E-state index < -0.39 is 0 Å². The van der Waals surface area contributed by atoms with E-state index in [-0.39, 0.29) is 11.9 Å². The summed E-state index contributed by atoms with van der Waals surface area (Å²) in [5.74, 6) is 1.05. The smallest absolute Gasteiger partial charge is 0.244 e. The SMILES string of the molecule is O=C([C@@H]1CCCN1)N1CCc2c(C3CC3)cccc21. The molecule has 0 spiro atoms. The van der Waals surface area contributed by atoms with Crippen LogP contribution in [0.5, 0.6) is 0 Å². The Hall–Kier alpha value is -1.35. The Bertz CT molecular complexity index is 515. The highest BCUT2D eigenvalue weighted by molar-refractivity contribution is 5.99. The number of anilines is 1. The maximum atomic E-state index is 12.6. The summed E-state index contributed by atoms with van der Waals surface area (Å²) in [7, 11) is 0. The quantitative estimate of drug-likeness (QED) is 0.880. The first-order chi connectivity index (χ1) is 9.34. The molecule has 1 aromatic carbocycles. The fraction of sp³-hybridized carbons (Fsp3) is 0.562. The van der Waals surface area contributed by atoms with Gasteiger partial charge in [0.15, 0.2) is 0 Å². The van der Waals surface area contributed by atoms with Gasteiger partial charge in [0.05, 0.1) is 6.04 Å². The largest absolute Gasteiger partial charge is 0.310 e. The van der Waals surface area contributed by atoms with Crippen molar-refractivity contribution in [2.75, 3.05) is 18.0 Å². The summed E-state index contributed by atoms with van der Waals surface area (Å²) >= 11 is 0. The minimum atomic E-state index is 0.0514. The lowest BCUT2D eigenvalue weighted by atomic mass is 10.0. The summed E-state index contributed by atoms with van der Waals surface area (Å²) < 4.78 is 0. The van der Waals surface area contributed by atoms with Crippen LogP contribution in [-0.4, -0.2) is 25.0 Å². The van der Waals surface area contributed by atoms with Crippen LogP contribution in [0.2, 0.25) is 0 Å². The second-order valence-corrected chi connectivity index (χ2v) is 6.01. The van der Waals surface area contributed by atoms with Crippen LogP contribution in [0, 0.1) is 0 Å². The van der Waals surface area contributed by atoms with Crippen LogP contribution in [0.4, 0.5) is 5.69 Å². The van der Waals surface area contributed by atoms with E-state index in [4.69, 9.17) is 0 Å². The summed E-state index contributed by atoms with van der Waals surface area (Å²) in [6.45, 7) is 1.86. The fourth-order valence-electron chi connectivity index (χ4n) is 3.55. The van der Waals surface area contributed by atoms with Gasteiger partial charge in [-0.05, 0) is 61.8 Å². The maximum Gasteiger partial charge on any atom is 0.244 e. The third-order valence-corrected chi connectivity index (χ3v) is 4.71. The Balaban J connectivity index is 1.64. The monoisotopic (exact) mass is 256 g/mol. The van der Waals surface area contributed by atoms with Crippen LogP contribution < -0.4 is 10.2 Å². The normalized spacial score (nSPS) is 25.7. The lowest BCUT2D eigenvalue weighted by Crippen LogP contribution is -2.42. The van der Waals surface area contributed by atoms with Gasteiger partial charge in [0, 0.05) is 12.2 Å². The highest BCUT2D eigenvalue weighted by atomic mass is 16.2. The summed E-state index contributed by atoms with van der Waals surface area (Å²) in [6, 6.07) is 6.56. The van der Waals surface area contributed by atoms with E-state index in [9.17, 15) is 4.79 Å². The minimum absolute atomic E-state index is 0.0514. The Morgan fingerprint density at radius 3 is 2.89 bits per heavy atom. The van der Waals surface area contributed by atoms with Crippen molar-refractivity contribution >= 4 is 11.6 Å². The number of carbonyl (C=O) groups is 1. The standard InChI is InChI=1S/C16H20N2O/c19-16(14-4-2-9-17-14)18-10-8-13-12(11-6-7-11)3-1-5-15(13)18/h1,3,5,11,14,17H,2,4,6-10H2/t14-/m0/s1. The molecule has 0 unspecified atom stereocenters. The summed E-state index contributed by atoms with van der Waals surface area (Å²) in [5.41, 5.74) is 4.13. The molecule has 100 valence electrons. The van der Waals surface area contributed by atoms with E-state index in [1.165, 1.54) is 29.7 Å². The van der Waals surface area contributed by atoms with E-state index in [0.29, 0.717) is 0 Å². The van der Waals surface area contributed by atoms with Gasteiger partial charge >= 0.3 is 0 Å². The molecule has 3 nitrogen and oxygen atoms in total. The molecule has 1 N–H and O–H groups in total. The molecule has 2 aliphatic heterocycles. The van der Waals surface area contributed by atoms with Gasteiger partial charge < -0.3 is 10.2 Å². The second-order valence-electron chi connectivity index (χ2n) is 6.01. The van der Waals surface area contributed by atoms with Crippen molar-refractivity contribution in [2.45, 2.75) is 44.1 Å². The van der Waals surface area contributed by atoms with E-state index in [1.807, 2.05) is 4.90 Å². The Morgan fingerprint density at radius 1 is 1.26 bits per heavy atom. The van der Waals surface area contributed by atoms with Crippen molar-refractivity contribution in [2.24, 2.45) is 0 Å². The summed E-state index contributed by atoms with van der Waals surface area (Å²) in [6.07, 6.45) is 5.82. The lowest BCUT2D eigenvalue weighted by Gasteiger charge is -2.21. The van der Waals surface area contributed by atoms with Gasteiger partial charge in [-0.1, -0.05) is 12.1 Å². The predicted molar refractivity (Wildman–Crippen MR) is 75.5 cm³/mol. The lowest BCUT2D eigenvalue weighted by molar-refractivity contribution is -0.120. The number of fused-ring (bicyclic) bond motifs is 1. The zero-order valence-electron chi connectivity index (χ0n) is 11.2. The van der Waals surface area contributed by atoms with Crippen molar-refractivity contribution in [1.29, 1.82) is 0 Å². The number of amides is 1. The Morgan fingerprint density at radius 2 is 2.16 bits per heavy atom. The van der Waals surface area contributed by atoms with Gasteiger partial charge in [-0.15, -0.1) is 0 Å².